The largest absolute Gasteiger partial charge is 0.378 e. The molecule has 0 heterocycles. The van der Waals surface area contributed by atoms with E-state index in [0.29, 0.717) is 10.9 Å². The van der Waals surface area contributed by atoms with Crippen molar-refractivity contribution >= 4 is 7.68 Å². The summed E-state index contributed by atoms with van der Waals surface area (Å²) in [6.45, 7) is 4.28. The number of nitrogens with zero attached hydrogens (tertiary/aromatic N) is 1. The topological polar surface area (TPSA) is 34.1 Å². The molecule has 0 aliphatic heterocycles. The highest BCUT2D eigenvalue weighted by molar-refractivity contribution is 7.32. The van der Waals surface area contributed by atoms with Gasteiger partial charge in [-0.1, -0.05) is 103 Å². The number of allylic oxidation sites excluding steroid dienone is 2. The summed E-state index contributed by atoms with van der Waals surface area (Å²) in [5, 5.41) is -0.597. The van der Waals surface area contributed by atoms with Gasteiger partial charge in [0.15, 0.2) is 0 Å². The molecule has 0 saturated heterocycles. The SMILES string of the molecule is CCCCCC=CCCCCCCCCCCCCCCC(CC)(P(=O)=O)[N+](C)(C)C. The van der Waals surface area contributed by atoms with Gasteiger partial charge >= 0.3 is 7.68 Å². The van der Waals surface area contributed by atoms with E-state index in [1.54, 1.807) is 0 Å². The maximum atomic E-state index is 11.9. The predicted molar refractivity (Wildman–Crippen MR) is 137 cm³/mol. The van der Waals surface area contributed by atoms with Crippen LogP contribution in [0.1, 0.15) is 136 Å². The van der Waals surface area contributed by atoms with E-state index in [9.17, 15) is 9.13 Å². The highest BCUT2D eigenvalue weighted by Gasteiger charge is 2.46. The van der Waals surface area contributed by atoms with Crippen LogP contribution in [0.3, 0.4) is 0 Å². The Hall–Kier alpha value is -0.400. The number of unbranched alkanes of at least 4 members (excludes halogenated alkanes) is 15. The molecule has 31 heavy (non-hydrogen) atoms. The summed E-state index contributed by atoms with van der Waals surface area (Å²) >= 11 is 0. The minimum atomic E-state index is -2.41. The molecule has 1 atom stereocenters. The molecular formula is C27H55NO2P+. The second-order valence-electron chi connectivity index (χ2n) is 10.4. The first-order chi connectivity index (χ1) is 14.8. The van der Waals surface area contributed by atoms with Crippen molar-refractivity contribution in [2.75, 3.05) is 21.1 Å². The smallest absolute Gasteiger partial charge is 0.314 e. The number of quaternary nitrogens is 1. The molecule has 0 bridgehead atoms. The molecule has 184 valence electrons. The molecule has 4 heteroatoms. The van der Waals surface area contributed by atoms with Crippen molar-refractivity contribution < 1.29 is 13.6 Å². The molecule has 0 N–H and O–H groups in total. The normalized spacial score (nSPS) is 14.2. The van der Waals surface area contributed by atoms with E-state index in [1.165, 1.54) is 96.3 Å². The lowest BCUT2D eigenvalue weighted by atomic mass is 10.0. The summed E-state index contributed by atoms with van der Waals surface area (Å²) in [6, 6.07) is 0. The first kappa shape index (κ1) is 30.6. The van der Waals surface area contributed by atoms with E-state index in [0.717, 1.165) is 19.3 Å². The van der Waals surface area contributed by atoms with Crippen LogP contribution in [0, 0.1) is 0 Å². The molecule has 0 aliphatic rings. The third kappa shape index (κ3) is 14.4. The van der Waals surface area contributed by atoms with Gasteiger partial charge < -0.3 is 4.48 Å². The van der Waals surface area contributed by atoms with E-state index in [-0.39, 0.29) is 0 Å². The molecule has 1 unspecified atom stereocenters. The lowest BCUT2D eigenvalue weighted by molar-refractivity contribution is -0.908. The first-order valence-corrected chi connectivity index (χ1v) is 14.6. The van der Waals surface area contributed by atoms with Crippen molar-refractivity contribution in [2.24, 2.45) is 0 Å². The van der Waals surface area contributed by atoms with Gasteiger partial charge in [0.05, 0.1) is 21.1 Å². The van der Waals surface area contributed by atoms with E-state index in [1.807, 2.05) is 28.1 Å². The molecule has 0 saturated carbocycles. The summed E-state index contributed by atoms with van der Waals surface area (Å²) in [7, 11) is 3.63. The third-order valence-electron chi connectivity index (χ3n) is 6.99. The highest BCUT2D eigenvalue weighted by atomic mass is 31.1. The summed E-state index contributed by atoms with van der Waals surface area (Å²) < 4.78 is 24.4. The van der Waals surface area contributed by atoms with Gasteiger partial charge in [0.1, 0.15) is 0 Å². The Morgan fingerprint density at radius 2 is 1.00 bits per heavy atom. The molecule has 0 aromatic heterocycles. The van der Waals surface area contributed by atoms with E-state index >= 15 is 0 Å². The van der Waals surface area contributed by atoms with Gasteiger partial charge in [-0.3, -0.25) is 0 Å². The van der Waals surface area contributed by atoms with Gasteiger partial charge in [-0.05, 0) is 32.1 Å². The standard InChI is InChI=1S/C27H55NO2P/c1-6-8-9-10-11-12-13-14-15-16-17-18-19-20-21-22-23-24-25-26-27(7-2,31(29)30)28(3,4)5/h11-12H,6-10,13-26H2,1-5H3/q+1. The monoisotopic (exact) mass is 456 g/mol. The Morgan fingerprint density at radius 1 is 0.613 bits per heavy atom. The van der Waals surface area contributed by atoms with Crippen molar-refractivity contribution in [1.82, 2.24) is 0 Å². The molecule has 0 aliphatic carbocycles. The Bertz CT molecular complexity index is 500. The van der Waals surface area contributed by atoms with Gasteiger partial charge in [-0.25, -0.2) is 9.13 Å². The fourth-order valence-electron chi connectivity index (χ4n) is 4.64. The molecule has 0 aromatic carbocycles. The Morgan fingerprint density at radius 3 is 1.35 bits per heavy atom. The minimum Gasteiger partial charge on any atom is -0.314 e. The highest BCUT2D eigenvalue weighted by Crippen LogP contribution is 2.43. The predicted octanol–water partition coefficient (Wildman–Crippen LogP) is 9.57. The van der Waals surface area contributed by atoms with Gasteiger partial charge in [0.25, 0.3) is 0 Å². The van der Waals surface area contributed by atoms with E-state index in [4.69, 9.17) is 0 Å². The zero-order valence-corrected chi connectivity index (χ0v) is 22.7. The summed E-state index contributed by atoms with van der Waals surface area (Å²) in [5.41, 5.74) is 0. The van der Waals surface area contributed by atoms with Crippen LogP contribution in [0.15, 0.2) is 12.2 Å². The minimum absolute atomic E-state index is 0.512. The zero-order chi connectivity index (χ0) is 23.4. The maximum Gasteiger partial charge on any atom is 0.378 e. The second kappa shape index (κ2) is 19.1. The van der Waals surface area contributed by atoms with Gasteiger partial charge in [0, 0.05) is 12.8 Å². The Kier molecular flexibility index (Phi) is 18.9. The van der Waals surface area contributed by atoms with Crippen molar-refractivity contribution in [1.29, 1.82) is 0 Å². The van der Waals surface area contributed by atoms with Crippen LogP contribution in [-0.4, -0.2) is 30.9 Å². The lowest BCUT2D eigenvalue weighted by Crippen LogP contribution is -2.53. The van der Waals surface area contributed by atoms with Crippen LogP contribution in [0.25, 0.3) is 0 Å². The summed E-state index contributed by atoms with van der Waals surface area (Å²) in [5.74, 6) is 0. The molecule has 0 aromatic rings. The molecule has 0 amide bonds. The van der Waals surface area contributed by atoms with Gasteiger partial charge in [-0.15, -0.1) is 0 Å². The molecule has 0 fully saturated rings. The van der Waals surface area contributed by atoms with Crippen molar-refractivity contribution in [3.63, 3.8) is 0 Å². The Labute approximate surface area is 195 Å². The van der Waals surface area contributed by atoms with Crippen LogP contribution in [0.5, 0.6) is 0 Å². The summed E-state index contributed by atoms with van der Waals surface area (Å²) in [6.07, 6.45) is 28.6. The van der Waals surface area contributed by atoms with E-state index in [2.05, 4.69) is 19.1 Å². The van der Waals surface area contributed by atoms with Crippen LogP contribution in [-0.2, 0) is 9.13 Å². The molecule has 3 nitrogen and oxygen atoms in total. The quantitative estimate of drug-likeness (QED) is 0.0703. The summed E-state index contributed by atoms with van der Waals surface area (Å²) in [4.78, 5) is 0. The van der Waals surface area contributed by atoms with Gasteiger partial charge in [-0.2, -0.15) is 0 Å². The fourth-order valence-corrected chi connectivity index (χ4v) is 5.73. The van der Waals surface area contributed by atoms with Crippen LogP contribution < -0.4 is 0 Å². The first-order valence-electron chi connectivity index (χ1n) is 13.4. The van der Waals surface area contributed by atoms with E-state index < -0.39 is 13.0 Å². The molecule has 0 radical (unpaired) electrons. The maximum absolute atomic E-state index is 11.9. The van der Waals surface area contributed by atoms with Crippen LogP contribution >= 0.6 is 7.68 Å². The van der Waals surface area contributed by atoms with Gasteiger partial charge in [0.2, 0.25) is 5.28 Å². The lowest BCUT2D eigenvalue weighted by Gasteiger charge is -2.40. The second-order valence-corrected chi connectivity index (χ2v) is 11.7. The Balaban J connectivity index is 3.53. The number of hydrogen-bond acceptors (Lipinski definition) is 2. The molecular weight excluding hydrogens is 401 g/mol. The molecule has 0 spiro atoms. The zero-order valence-electron chi connectivity index (χ0n) is 21.8. The average molecular weight is 457 g/mol. The van der Waals surface area contributed by atoms with Crippen molar-refractivity contribution in [3.05, 3.63) is 12.2 Å². The third-order valence-corrected chi connectivity index (χ3v) is 8.81. The average Bonchev–Trinajstić information content (AvgIpc) is 2.71. The fraction of sp³-hybridized carbons (Fsp3) is 0.926. The van der Waals surface area contributed by atoms with Crippen LogP contribution in [0.4, 0.5) is 0 Å². The van der Waals surface area contributed by atoms with Crippen molar-refractivity contribution in [2.45, 2.75) is 141 Å². The molecule has 0 rings (SSSR count). The number of rotatable bonds is 22. The number of hydrogen-bond donors (Lipinski definition) is 0. The van der Waals surface area contributed by atoms with Crippen LogP contribution in [0.2, 0.25) is 0 Å². The van der Waals surface area contributed by atoms with Crippen molar-refractivity contribution in [3.8, 4) is 0 Å².